The molecule has 4 amide bonds. The van der Waals surface area contributed by atoms with Gasteiger partial charge in [-0.2, -0.15) is 0 Å². The second-order valence-electron chi connectivity index (χ2n) is 9.17. The minimum Gasteiger partial charge on any atom is -0.347 e. The number of piperidine rings is 1. The molecule has 4 aromatic rings. The van der Waals surface area contributed by atoms with Crippen molar-refractivity contribution in [2.75, 3.05) is 23.3 Å². The normalized spacial score (nSPS) is 16.7. The van der Waals surface area contributed by atoms with Gasteiger partial charge < -0.3 is 15.5 Å². The van der Waals surface area contributed by atoms with E-state index in [9.17, 15) is 14.4 Å². The van der Waals surface area contributed by atoms with Crippen LogP contribution in [0.5, 0.6) is 0 Å². The Kier molecular flexibility index (Phi) is 6.09. The zero-order valence-electron chi connectivity index (χ0n) is 20.4. The van der Waals surface area contributed by atoms with Crippen LogP contribution in [0.15, 0.2) is 73.7 Å². The quantitative estimate of drug-likeness (QED) is 0.359. The van der Waals surface area contributed by atoms with E-state index in [1.807, 2.05) is 36.4 Å². The van der Waals surface area contributed by atoms with Crippen LogP contribution in [0.3, 0.4) is 0 Å². The number of hydrogen-bond acceptors (Lipinski definition) is 6. The average Bonchev–Trinajstić information content (AvgIpc) is 3.33. The molecule has 2 aliphatic rings. The van der Waals surface area contributed by atoms with E-state index in [4.69, 9.17) is 0 Å². The molecule has 5 heterocycles. The minimum atomic E-state index is -0.357. The fourth-order valence-corrected chi connectivity index (χ4v) is 6.07. The Bertz CT molecular complexity index is 1580. The molecule has 0 aliphatic carbocycles. The molecular formula is C28H24N6O3S. The molecule has 2 N–H and O–H groups in total. The molecule has 6 rings (SSSR count). The van der Waals surface area contributed by atoms with Crippen molar-refractivity contribution in [3.63, 3.8) is 0 Å². The van der Waals surface area contributed by atoms with Gasteiger partial charge in [0.2, 0.25) is 5.91 Å². The second kappa shape index (κ2) is 9.71. The summed E-state index contributed by atoms with van der Waals surface area (Å²) in [6, 6.07) is 12.8. The number of hydrogen-bond donors (Lipinski definition) is 2. The van der Waals surface area contributed by atoms with Crippen LogP contribution in [0.2, 0.25) is 0 Å². The third kappa shape index (κ3) is 4.18. The molecule has 2 aliphatic heterocycles. The summed E-state index contributed by atoms with van der Waals surface area (Å²) in [7, 11) is 0. The number of aromatic nitrogens is 2. The van der Waals surface area contributed by atoms with Gasteiger partial charge >= 0.3 is 6.03 Å². The third-order valence-electron chi connectivity index (χ3n) is 6.81. The molecule has 1 aromatic carbocycles. The topological polar surface area (TPSA) is 108 Å². The lowest BCUT2D eigenvalue weighted by Crippen LogP contribution is -2.49. The Labute approximate surface area is 222 Å². The SMILES string of the molecule is C=CC(=O)N1CCC[C@@H](NC(=O)c2sc3nccc4c3c2NC(=O)N4c2cccc(-c3ccncc3)c2)C1. The van der Waals surface area contributed by atoms with Crippen LogP contribution in [0.25, 0.3) is 21.3 Å². The minimum absolute atomic E-state index is 0.143. The number of rotatable bonds is 5. The Morgan fingerprint density at radius 1 is 1.13 bits per heavy atom. The molecule has 0 unspecified atom stereocenters. The summed E-state index contributed by atoms with van der Waals surface area (Å²) in [6.45, 7) is 4.63. The number of carbonyl (C=O) groups is 3. The molecule has 3 aromatic heterocycles. The summed E-state index contributed by atoms with van der Waals surface area (Å²) in [6.07, 6.45) is 7.96. The van der Waals surface area contributed by atoms with E-state index >= 15 is 0 Å². The highest BCUT2D eigenvalue weighted by atomic mass is 32.1. The van der Waals surface area contributed by atoms with Crippen LogP contribution < -0.4 is 15.5 Å². The van der Waals surface area contributed by atoms with E-state index in [1.54, 1.807) is 34.5 Å². The highest BCUT2D eigenvalue weighted by Crippen LogP contribution is 2.46. The van der Waals surface area contributed by atoms with Crippen LogP contribution in [0.4, 0.5) is 21.9 Å². The maximum atomic E-state index is 13.5. The molecule has 0 radical (unpaired) electrons. The number of carbonyl (C=O) groups excluding carboxylic acids is 3. The molecule has 190 valence electrons. The zero-order chi connectivity index (χ0) is 26.2. The Morgan fingerprint density at radius 3 is 2.79 bits per heavy atom. The van der Waals surface area contributed by atoms with E-state index in [0.717, 1.165) is 29.4 Å². The summed E-state index contributed by atoms with van der Waals surface area (Å²) in [5.74, 6) is -0.435. The van der Waals surface area contributed by atoms with Crippen molar-refractivity contribution in [1.29, 1.82) is 0 Å². The smallest absolute Gasteiger partial charge is 0.331 e. The van der Waals surface area contributed by atoms with Crippen molar-refractivity contribution in [3.8, 4) is 11.1 Å². The summed E-state index contributed by atoms with van der Waals surface area (Å²) in [5, 5.41) is 6.72. The zero-order valence-corrected chi connectivity index (χ0v) is 21.2. The Balaban J connectivity index is 1.33. The summed E-state index contributed by atoms with van der Waals surface area (Å²) in [4.78, 5) is 51.8. The van der Waals surface area contributed by atoms with Gasteiger partial charge in [0.25, 0.3) is 5.91 Å². The van der Waals surface area contributed by atoms with Crippen molar-refractivity contribution in [2.45, 2.75) is 18.9 Å². The molecule has 10 heteroatoms. The molecule has 1 fully saturated rings. The maximum Gasteiger partial charge on any atom is 0.331 e. The number of amides is 4. The third-order valence-corrected chi connectivity index (χ3v) is 7.91. The van der Waals surface area contributed by atoms with Gasteiger partial charge in [0, 0.05) is 37.7 Å². The van der Waals surface area contributed by atoms with Gasteiger partial charge in [0.05, 0.1) is 22.4 Å². The molecule has 1 atom stereocenters. The number of thiophene rings is 1. The highest BCUT2D eigenvalue weighted by Gasteiger charge is 2.33. The number of urea groups is 1. The molecule has 0 saturated carbocycles. The molecular weight excluding hydrogens is 500 g/mol. The molecule has 0 spiro atoms. The number of benzene rings is 1. The number of nitrogens with one attached hydrogen (secondary N) is 2. The van der Waals surface area contributed by atoms with Crippen LogP contribution >= 0.6 is 11.3 Å². The first-order valence-electron chi connectivity index (χ1n) is 12.3. The standard InChI is InChI=1S/C28H24N6O3S/c1-2-22(35)33-14-4-6-19(16-33)31-26(36)25-24-23-21(10-13-30-27(23)38-25)34(28(37)32-24)20-7-3-5-18(15-20)17-8-11-29-12-9-17/h2-3,5,7-13,15,19H,1,4,6,14,16H2,(H,31,36)(H,32,37)/t19-/m1/s1. The number of nitrogens with zero attached hydrogens (tertiary/aromatic N) is 4. The van der Waals surface area contributed by atoms with Crippen molar-refractivity contribution in [3.05, 3.63) is 78.6 Å². The molecule has 0 bridgehead atoms. The first kappa shape index (κ1) is 23.8. The van der Waals surface area contributed by atoms with Gasteiger partial charge in [0.1, 0.15) is 9.71 Å². The van der Waals surface area contributed by atoms with Crippen molar-refractivity contribution < 1.29 is 14.4 Å². The van der Waals surface area contributed by atoms with Gasteiger partial charge in [0.15, 0.2) is 0 Å². The largest absolute Gasteiger partial charge is 0.347 e. The highest BCUT2D eigenvalue weighted by molar-refractivity contribution is 7.21. The molecule has 1 saturated heterocycles. The van der Waals surface area contributed by atoms with Gasteiger partial charge in [-0.3, -0.25) is 19.5 Å². The fraction of sp³-hybridized carbons (Fsp3) is 0.179. The fourth-order valence-electron chi connectivity index (χ4n) is 5.04. The number of pyridine rings is 2. The summed E-state index contributed by atoms with van der Waals surface area (Å²) >= 11 is 1.24. The maximum absolute atomic E-state index is 13.5. The monoisotopic (exact) mass is 524 g/mol. The van der Waals surface area contributed by atoms with E-state index in [2.05, 4.69) is 27.2 Å². The summed E-state index contributed by atoms with van der Waals surface area (Å²) in [5.41, 5.74) is 3.77. The molecule has 38 heavy (non-hydrogen) atoms. The van der Waals surface area contributed by atoms with Crippen molar-refractivity contribution in [1.82, 2.24) is 20.2 Å². The lowest BCUT2D eigenvalue weighted by molar-refractivity contribution is -0.127. The van der Waals surface area contributed by atoms with E-state index in [1.165, 1.54) is 17.4 Å². The average molecular weight is 525 g/mol. The lowest BCUT2D eigenvalue weighted by Gasteiger charge is -2.32. The van der Waals surface area contributed by atoms with Crippen LogP contribution in [0.1, 0.15) is 22.5 Å². The van der Waals surface area contributed by atoms with Crippen molar-refractivity contribution in [2.24, 2.45) is 0 Å². The van der Waals surface area contributed by atoms with Crippen LogP contribution in [-0.2, 0) is 4.79 Å². The van der Waals surface area contributed by atoms with Gasteiger partial charge in [-0.1, -0.05) is 18.7 Å². The molecule has 9 nitrogen and oxygen atoms in total. The van der Waals surface area contributed by atoms with Gasteiger partial charge in [-0.05, 0) is 60.4 Å². The predicted octanol–water partition coefficient (Wildman–Crippen LogP) is 4.95. The van der Waals surface area contributed by atoms with Gasteiger partial charge in [-0.15, -0.1) is 11.3 Å². The van der Waals surface area contributed by atoms with Crippen LogP contribution in [-0.4, -0.2) is 51.8 Å². The predicted molar refractivity (Wildman–Crippen MR) is 148 cm³/mol. The summed E-state index contributed by atoms with van der Waals surface area (Å²) < 4.78 is 0. The van der Waals surface area contributed by atoms with E-state index in [-0.39, 0.29) is 23.9 Å². The van der Waals surface area contributed by atoms with E-state index < -0.39 is 0 Å². The number of anilines is 3. The lowest BCUT2D eigenvalue weighted by atomic mass is 10.0. The Hall–Kier alpha value is -4.57. The second-order valence-corrected chi connectivity index (χ2v) is 10.2. The van der Waals surface area contributed by atoms with Crippen molar-refractivity contribution >= 4 is 56.5 Å². The van der Waals surface area contributed by atoms with E-state index in [0.29, 0.717) is 39.9 Å². The Morgan fingerprint density at radius 2 is 1.97 bits per heavy atom. The first-order chi connectivity index (χ1) is 18.5. The first-order valence-corrected chi connectivity index (χ1v) is 13.1. The van der Waals surface area contributed by atoms with Crippen LogP contribution in [0, 0.1) is 0 Å². The van der Waals surface area contributed by atoms with Gasteiger partial charge in [-0.25, -0.2) is 9.78 Å². The number of likely N-dealkylation sites (tertiary alicyclic amines) is 1.